The topological polar surface area (TPSA) is 43.1 Å². The van der Waals surface area contributed by atoms with Crippen LogP contribution in [0, 0.1) is 12.8 Å². The van der Waals surface area contributed by atoms with Gasteiger partial charge in [0.15, 0.2) is 0 Å². The third kappa shape index (κ3) is 1.67. The van der Waals surface area contributed by atoms with E-state index in [9.17, 15) is 4.79 Å². The van der Waals surface area contributed by atoms with E-state index in [0.29, 0.717) is 40.6 Å². The summed E-state index contributed by atoms with van der Waals surface area (Å²) in [5.41, 5.74) is 8.88. The van der Waals surface area contributed by atoms with Gasteiger partial charge in [-0.3, -0.25) is 4.79 Å². The van der Waals surface area contributed by atoms with Gasteiger partial charge >= 0.3 is 0 Å². The molecule has 2 nitrogen and oxygen atoms in total. The Kier molecular flexibility index (Phi) is 2.01. The molecule has 0 heterocycles. The summed E-state index contributed by atoms with van der Waals surface area (Å²) in [6, 6.07) is 2.07. The fraction of sp³-hybridized carbons (Fsp3) is 0.400. The lowest BCUT2D eigenvalue weighted by atomic mass is 9.82. The third-order valence-electron chi connectivity index (χ3n) is 3.75. The summed E-state index contributed by atoms with van der Waals surface area (Å²) in [4.78, 5) is 11.7. The maximum atomic E-state index is 11.7. The van der Waals surface area contributed by atoms with Crippen molar-refractivity contribution in [3.63, 3.8) is 0 Å². The molecule has 0 radical (unpaired) electrons. The van der Waals surface area contributed by atoms with E-state index < -0.39 is 18.2 Å². The molecule has 0 bridgehead atoms. The van der Waals surface area contributed by atoms with Gasteiger partial charge in [-0.05, 0) is 66.5 Å². The van der Waals surface area contributed by atoms with Gasteiger partial charge in [0.25, 0.3) is 0 Å². The predicted octanol–water partition coefficient (Wildman–Crippen LogP) is 3.24. The van der Waals surface area contributed by atoms with E-state index in [1.807, 2.05) is 0 Å². The molecule has 94 valence electrons. The number of primary amides is 1. The average Bonchev–Trinajstić information content (AvgIpc) is 2.76. The first kappa shape index (κ1) is 8.76. The highest BCUT2D eigenvalue weighted by Gasteiger charge is 2.33. The van der Waals surface area contributed by atoms with E-state index >= 15 is 0 Å². The standard InChI is InChI=1S/C15H16ClNO/c1-8-5-9-6-13-10(12(9)7-14(8)16)3-2-4-11(13)15(17)18/h5,7,11H,2-4,6H2,1H3,(H2,17,18)/i3D2,5D. The number of hydrogen-bond donors (Lipinski definition) is 1. The first-order valence-electron chi connectivity index (χ1n) is 7.56. The minimum atomic E-state index is -1.50. The highest BCUT2D eigenvalue weighted by molar-refractivity contribution is 6.31. The molecule has 0 spiro atoms. The molecule has 1 aromatic rings. The quantitative estimate of drug-likeness (QED) is 0.831. The Bertz CT molecular complexity index is 697. The van der Waals surface area contributed by atoms with Gasteiger partial charge in [0.05, 0.1) is 7.29 Å². The number of carbonyl (C=O) groups is 1. The molecule has 3 rings (SSSR count). The summed E-state index contributed by atoms with van der Waals surface area (Å²) in [5, 5.41) is 0.462. The predicted molar refractivity (Wildman–Crippen MR) is 73.3 cm³/mol. The fourth-order valence-corrected chi connectivity index (χ4v) is 2.98. The lowest BCUT2D eigenvalue weighted by Crippen LogP contribution is -2.27. The number of hydrogen-bond acceptors (Lipinski definition) is 1. The van der Waals surface area contributed by atoms with Crippen molar-refractivity contribution in [3.8, 4) is 0 Å². The number of amides is 1. The molecule has 0 aliphatic heterocycles. The summed E-state index contributed by atoms with van der Waals surface area (Å²) in [6.07, 6.45) is -0.390. The zero-order chi connectivity index (χ0) is 15.5. The van der Waals surface area contributed by atoms with E-state index in [4.69, 9.17) is 21.4 Å². The second kappa shape index (κ2) is 4.13. The molecule has 18 heavy (non-hydrogen) atoms. The normalized spacial score (nSPS) is 27.0. The Hall–Kier alpha value is -1.28. The van der Waals surface area contributed by atoms with Gasteiger partial charge in [-0.1, -0.05) is 17.6 Å². The average molecular weight is 265 g/mol. The zero-order valence-electron chi connectivity index (χ0n) is 13.1. The Morgan fingerprint density at radius 2 is 2.44 bits per heavy atom. The third-order valence-corrected chi connectivity index (χ3v) is 4.14. The SMILES string of the molecule is [2H]c1c(C)c(Cl)cc2c1CC1=C2C([2H])([2H])CCC1C(N)=O. The Labute approximate surface area is 116 Å². The first-order chi connectivity index (χ1) is 9.74. The molecular weight excluding hydrogens is 246 g/mol. The number of allylic oxidation sites excluding steroid dienone is 1. The summed E-state index contributed by atoms with van der Waals surface area (Å²) in [5.74, 6) is -0.852. The van der Waals surface area contributed by atoms with E-state index in [1.165, 1.54) is 0 Å². The Morgan fingerprint density at radius 1 is 1.67 bits per heavy atom. The summed E-state index contributed by atoms with van der Waals surface area (Å²) >= 11 is 6.16. The second-order valence-electron chi connectivity index (χ2n) is 4.88. The van der Waals surface area contributed by atoms with Crippen LogP contribution < -0.4 is 5.73 Å². The molecule has 1 aromatic carbocycles. The number of benzene rings is 1. The molecular formula is C15H16ClNO. The van der Waals surface area contributed by atoms with E-state index in [1.54, 1.807) is 13.0 Å². The highest BCUT2D eigenvalue weighted by Crippen LogP contribution is 2.45. The van der Waals surface area contributed by atoms with Crippen molar-refractivity contribution >= 4 is 23.1 Å². The van der Waals surface area contributed by atoms with Gasteiger partial charge < -0.3 is 5.73 Å². The number of carbonyl (C=O) groups excluding carboxylic acids is 1. The molecule has 1 atom stereocenters. The van der Waals surface area contributed by atoms with Crippen LogP contribution in [0.3, 0.4) is 0 Å². The molecule has 2 aliphatic carbocycles. The van der Waals surface area contributed by atoms with Crippen molar-refractivity contribution in [2.45, 2.75) is 32.6 Å². The van der Waals surface area contributed by atoms with Crippen LogP contribution in [0.4, 0.5) is 0 Å². The molecule has 0 fully saturated rings. The van der Waals surface area contributed by atoms with Crippen LogP contribution >= 0.6 is 11.6 Å². The molecule has 2 N–H and O–H groups in total. The smallest absolute Gasteiger partial charge is 0.224 e. The first-order valence-corrected chi connectivity index (χ1v) is 6.43. The zero-order valence-corrected chi connectivity index (χ0v) is 10.9. The van der Waals surface area contributed by atoms with Crippen LogP contribution in [-0.4, -0.2) is 5.91 Å². The fourth-order valence-electron chi connectivity index (χ4n) is 2.83. The maximum Gasteiger partial charge on any atom is 0.224 e. The molecule has 1 amide bonds. The van der Waals surface area contributed by atoms with Crippen LogP contribution in [0.2, 0.25) is 5.02 Å². The van der Waals surface area contributed by atoms with Crippen molar-refractivity contribution in [3.05, 3.63) is 39.4 Å². The van der Waals surface area contributed by atoms with Gasteiger partial charge in [-0.2, -0.15) is 0 Å². The van der Waals surface area contributed by atoms with Crippen LogP contribution in [0.25, 0.3) is 5.57 Å². The van der Waals surface area contributed by atoms with Crippen LogP contribution in [0.5, 0.6) is 0 Å². The molecule has 0 saturated carbocycles. The van der Waals surface area contributed by atoms with Crippen LogP contribution in [-0.2, 0) is 11.2 Å². The summed E-state index contributed by atoms with van der Waals surface area (Å²) in [7, 11) is 0. The van der Waals surface area contributed by atoms with Crippen molar-refractivity contribution in [1.29, 1.82) is 0 Å². The van der Waals surface area contributed by atoms with Crippen molar-refractivity contribution < 1.29 is 8.91 Å². The van der Waals surface area contributed by atoms with Crippen molar-refractivity contribution in [1.82, 2.24) is 0 Å². The van der Waals surface area contributed by atoms with Gasteiger partial charge in [-0.15, -0.1) is 0 Å². The van der Waals surface area contributed by atoms with Crippen LogP contribution in [0.15, 0.2) is 17.7 Å². The Balaban J connectivity index is 2.25. The van der Waals surface area contributed by atoms with Gasteiger partial charge in [0.1, 0.15) is 0 Å². The van der Waals surface area contributed by atoms with E-state index in [0.717, 1.165) is 11.1 Å². The number of fused-ring (bicyclic) bond motifs is 2. The number of halogens is 1. The van der Waals surface area contributed by atoms with Crippen LogP contribution in [0.1, 0.15) is 40.0 Å². The lowest BCUT2D eigenvalue weighted by molar-refractivity contribution is -0.121. The monoisotopic (exact) mass is 264 g/mol. The maximum absolute atomic E-state index is 11.7. The van der Waals surface area contributed by atoms with E-state index in [-0.39, 0.29) is 6.42 Å². The van der Waals surface area contributed by atoms with Crippen molar-refractivity contribution in [2.75, 3.05) is 0 Å². The van der Waals surface area contributed by atoms with Gasteiger partial charge in [0, 0.05) is 7.76 Å². The van der Waals surface area contributed by atoms with Crippen molar-refractivity contribution in [2.24, 2.45) is 11.7 Å². The van der Waals surface area contributed by atoms with Gasteiger partial charge in [0.2, 0.25) is 5.91 Å². The molecule has 0 saturated heterocycles. The molecule has 1 unspecified atom stereocenters. The van der Waals surface area contributed by atoms with E-state index in [2.05, 4.69) is 0 Å². The summed E-state index contributed by atoms with van der Waals surface area (Å²) < 4.78 is 24.7. The number of nitrogens with two attached hydrogens (primary N) is 1. The molecule has 3 heteroatoms. The van der Waals surface area contributed by atoms with Gasteiger partial charge in [-0.25, -0.2) is 0 Å². The minimum Gasteiger partial charge on any atom is -0.369 e. The molecule has 2 aliphatic rings. The molecule has 0 aromatic heterocycles. The number of rotatable bonds is 1. The largest absolute Gasteiger partial charge is 0.369 e. The lowest BCUT2D eigenvalue weighted by Gasteiger charge is -2.22. The second-order valence-corrected chi connectivity index (χ2v) is 5.29. The summed E-state index contributed by atoms with van der Waals surface area (Å²) in [6.45, 7) is 1.78. The highest BCUT2D eigenvalue weighted by atomic mass is 35.5. The minimum absolute atomic E-state index is 0.262. The Morgan fingerprint density at radius 3 is 3.17 bits per heavy atom.